The van der Waals surface area contributed by atoms with E-state index in [2.05, 4.69) is 33.0 Å². The summed E-state index contributed by atoms with van der Waals surface area (Å²) in [5.41, 5.74) is 2.21. The van der Waals surface area contributed by atoms with Crippen molar-refractivity contribution in [2.75, 3.05) is 26.2 Å². The molecule has 4 rings (SSSR count). The SMILES string of the molecule is C[C@@H](c1nnc(-c2ccccc2)o1)N1CCN(Cc2cccc(Cl)c2)CC1. The summed E-state index contributed by atoms with van der Waals surface area (Å²) in [6, 6.07) is 18.1. The van der Waals surface area contributed by atoms with Crippen molar-refractivity contribution >= 4 is 11.6 Å². The monoisotopic (exact) mass is 382 g/mol. The Balaban J connectivity index is 1.35. The molecule has 0 radical (unpaired) electrons. The summed E-state index contributed by atoms with van der Waals surface area (Å²) in [7, 11) is 0. The van der Waals surface area contributed by atoms with Crippen molar-refractivity contribution in [2.24, 2.45) is 0 Å². The molecule has 0 spiro atoms. The largest absolute Gasteiger partial charge is 0.419 e. The van der Waals surface area contributed by atoms with Crippen LogP contribution in [0.4, 0.5) is 0 Å². The van der Waals surface area contributed by atoms with Gasteiger partial charge in [-0.25, -0.2) is 0 Å². The van der Waals surface area contributed by atoms with Crippen LogP contribution in [0.5, 0.6) is 0 Å². The van der Waals surface area contributed by atoms with Crippen molar-refractivity contribution in [3.05, 3.63) is 71.1 Å². The highest BCUT2D eigenvalue weighted by molar-refractivity contribution is 6.30. The Morgan fingerprint density at radius 1 is 1.00 bits per heavy atom. The molecule has 2 heterocycles. The zero-order chi connectivity index (χ0) is 18.6. The highest BCUT2D eigenvalue weighted by atomic mass is 35.5. The standard InChI is InChI=1S/C21H23ClN4O/c1-16(20-23-24-21(27-20)18-7-3-2-4-8-18)26-12-10-25(11-13-26)15-17-6-5-9-19(22)14-17/h2-9,14,16H,10-13,15H2,1H3/t16-/m0/s1. The van der Waals surface area contributed by atoms with Crippen molar-refractivity contribution in [3.8, 4) is 11.5 Å². The molecular weight excluding hydrogens is 360 g/mol. The first-order chi connectivity index (χ1) is 13.2. The molecule has 0 saturated carbocycles. The second-order valence-electron chi connectivity index (χ2n) is 6.93. The molecule has 0 amide bonds. The van der Waals surface area contributed by atoms with Crippen LogP contribution < -0.4 is 0 Å². The Kier molecular flexibility index (Phi) is 5.53. The minimum atomic E-state index is 0.114. The summed E-state index contributed by atoms with van der Waals surface area (Å²) < 4.78 is 5.93. The zero-order valence-corrected chi connectivity index (χ0v) is 16.1. The topological polar surface area (TPSA) is 45.4 Å². The minimum Gasteiger partial charge on any atom is -0.419 e. The normalized spacial score (nSPS) is 17.1. The molecule has 3 aromatic rings. The molecule has 1 aliphatic rings. The molecule has 2 aromatic carbocycles. The van der Waals surface area contributed by atoms with Gasteiger partial charge in [-0.15, -0.1) is 10.2 Å². The smallest absolute Gasteiger partial charge is 0.247 e. The molecule has 5 nitrogen and oxygen atoms in total. The molecule has 0 unspecified atom stereocenters. The molecule has 6 heteroatoms. The second kappa shape index (κ2) is 8.21. The van der Waals surface area contributed by atoms with Crippen LogP contribution in [0.25, 0.3) is 11.5 Å². The molecule has 0 N–H and O–H groups in total. The van der Waals surface area contributed by atoms with Gasteiger partial charge in [0.25, 0.3) is 0 Å². The lowest BCUT2D eigenvalue weighted by atomic mass is 10.2. The molecule has 27 heavy (non-hydrogen) atoms. The predicted molar refractivity (Wildman–Crippen MR) is 106 cm³/mol. The van der Waals surface area contributed by atoms with Crippen LogP contribution in [0, 0.1) is 0 Å². The van der Waals surface area contributed by atoms with Crippen molar-refractivity contribution in [1.82, 2.24) is 20.0 Å². The number of rotatable bonds is 5. The third kappa shape index (κ3) is 4.38. The summed E-state index contributed by atoms with van der Waals surface area (Å²) in [4.78, 5) is 4.86. The molecular formula is C21H23ClN4O. The Hall–Kier alpha value is -2.21. The minimum absolute atomic E-state index is 0.114. The maximum absolute atomic E-state index is 6.09. The van der Waals surface area contributed by atoms with E-state index in [0.717, 1.165) is 43.3 Å². The second-order valence-corrected chi connectivity index (χ2v) is 7.37. The average molecular weight is 383 g/mol. The summed E-state index contributed by atoms with van der Waals surface area (Å²) in [5.74, 6) is 1.26. The van der Waals surface area contributed by atoms with Gasteiger partial charge < -0.3 is 4.42 Å². The van der Waals surface area contributed by atoms with Crippen molar-refractivity contribution < 1.29 is 4.42 Å². The first kappa shape index (κ1) is 18.2. The molecule has 140 valence electrons. The lowest BCUT2D eigenvalue weighted by Crippen LogP contribution is -2.46. The molecule has 0 aliphatic carbocycles. The quantitative estimate of drug-likeness (QED) is 0.659. The number of hydrogen-bond donors (Lipinski definition) is 0. The van der Waals surface area contributed by atoms with Gasteiger partial charge in [-0.3, -0.25) is 9.80 Å². The third-order valence-corrected chi connectivity index (χ3v) is 5.30. The maximum atomic E-state index is 6.09. The molecule has 1 fully saturated rings. The highest BCUT2D eigenvalue weighted by Crippen LogP contribution is 2.25. The number of piperazine rings is 1. The zero-order valence-electron chi connectivity index (χ0n) is 15.4. The fourth-order valence-electron chi connectivity index (χ4n) is 3.46. The van der Waals surface area contributed by atoms with Gasteiger partial charge in [-0.05, 0) is 36.8 Å². The fourth-order valence-corrected chi connectivity index (χ4v) is 3.67. The van der Waals surface area contributed by atoms with Gasteiger partial charge in [0.2, 0.25) is 11.8 Å². The Labute approximate surface area is 164 Å². The average Bonchev–Trinajstić information content (AvgIpc) is 3.19. The van der Waals surface area contributed by atoms with Gasteiger partial charge in [0.15, 0.2) is 0 Å². The van der Waals surface area contributed by atoms with Crippen LogP contribution in [-0.2, 0) is 6.54 Å². The highest BCUT2D eigenvalue weighted by Gasteiger charge is 2.25. The Morgan fingerprint density at radius 3 is 2.52 bits per heavy atom. The van der Waals surface area contributed by atoms with Crippen LogP contribution in [0.1, 0.15) is 24.4 Å². The summed E-state index contributed by atoms with van der Waals surface area (Å²) in [6.45, 7) is 7.04. The van der Waals surface area contributed by atoms with Gasteiger partial charge in [-0.2, -0.15) is 0 Å². The van der Waals surface area contributed by atoms with E-state index in [1.807, 2.05) is 48.5 Å². The van der Waals surface area contributed by atoms with E-state index < -0.39 is 0 Å². The summed E-state index contributed by atoms with van der Waals surface area (Å²) >= 11 is 6.09. The molecule has 1 aliphatic heterocycles. The summed E-state index contributed by atoms with van der Waals surface area (Å²) in [6.07, 6.45) is 0. The van der Waals surface area contributed by atoms with Crippen LogP contribution in [0.15, 0.2) is 59.0 Å². The van der Waals surface area contributed by atoms with Gasteiger partial charge in [0.05, 0.1) is 6.04 Å². The first-order valence-electron chi connectivity index (χ1n) is 9.29. The maximum Gasteiger partial charge on any atom is 0.247 e. The van der Waals surface area contributed by atoms with Gasteiger partial charge in [-0.1, -0.05) is 41.9 Å². The molecule has 1 atom stereocenters. The number of benzene rings is 2. The third-order valence-electron chi connectivity index (χ3n) is 5.07. The summed E-state index contributed by atoms with van der Waals surface area (Å²) in [5, 5.41) is 9.29. The molecule has 1 saturated heterocycles. The number of nitrogens with zero attached hydrogens (tertiary/aromatic N) is 4. The van der Waals surface area contributed by atoms with E-state index in [1.54, 1.807) is 0 Å². The molecule has 1 aromatic heterocycles. The van der Waals surface area contributed by atoms with E-state index in [4.69, 9.17) is 16.0 Å². The van der Waals surface area contributed by atoms with Crippen LogP contribution in [0.2, 0.25) is 5.02 Å². The van der Waals surface area contributed by atoms with Crippen LogP contribution >= 0.6 is 11.6 Å². The van der Waals surface area contributed by atoms with E-state index in [0.29, 0.717) is 11.8 Å². The number of halogens is 1. The van der Waals surface area contributed by atoms with Gasteiger partial charge in [0, 0.05) is 43.3 Å². The lowest BCUT2D eigenvalue weighted by Gasteiger charge is -2.36. The number of aromatic nitrogens is 2. The fraction of sp³-hybridized carbons (Fsp3) is 0.333. The van der Waals surface area contributed by atoms with Crippen LogP contribution in [0.3, 0.4) is 0 Å². The Morgan fingerprint density at radius 2 is 1.78 bits per heavy atom. The van der Waals surface area contributed by atoms with Crippen molar-refractivity contribution in [1.29, 1.82) is 0 Å². The van der Waals surface area contributed by atoms with E-state index in [9.17, 15) is 0 Å². The van der Waals surface area contributed by atoms with Crippen LogP contribution in [-0.4, -0.2) is 46.2 Å². The first-order valence-corrected chi connectivity index (χ1v) is 9.66. The number of hydrogen-bond acceptors (Lipinski definition) is 5. The van der Waals surface area contributed by atoms with E-state index in [1.165, 1.54) is 5.56 Å². The van der Waals surface area contributed by atoms with E-state index in [-0.39, 0.29) is 6.04 Å². The van der Waals surface area contributed by atoms with Crippen molar-refractivity contribution in [3.63, 3.8) is 0 Å². The Bertz CT molecular complexity index is 875. The van der Waals surface area contributed by atoms with E-state index >= 15 is 0 Å². The van der Waals surface area contributed by atoms with Gasteiger partial charge >= 0.3 is 0 Å². The van der Waals surface area contributed by atoms with Crippen molar-refractivity contribution in [2.45, 2.75) is 19.5 Å². The predicted octanol–water partition coefficient (Wildman–Crippen LogP) is 4.27. The molecule has 0 bridgehead atoms. The lowest BCUT2D eigenvalue weighted by molar-refractivity contribution is 0.0876. The van der Waals surface area contributed by atoms with Gasteiger partial charge in [0.1, 0.15) is 0 Å².